The van der Waals surface area contributed by atoms with Crippen molar-refractivity contribution in [2.45, 2.75) is 13.3 Å². The fraction of sp³-hybridized carbons (Fsp3) is 0.385. The molecule has 0 saturated carbocycles. The van der Waals surface area contributed by atoms with E-state index >= 15 is 0 Å². The molecule has 0 spiro atoms. The zero-order chi connectivity index (χ0) is 13.7. The highest BCUT2D eigenvalue weighted by molar-refractivity contribution is 5.91. The fourth-order valence-electron chi connectivity index (χ4n) is 1.82. The van der Waals surface area contributed by atoms with Crippen LogP contribution in [0.5, 0.6) is 0 Å². The monoisotopic (exact) mass is 259 g/mol. The molecule has 0 bridgehead atoms. The first-order chi connectivity index (χ1) is 9.20. The first-order valence-electron chi connectivity index (χ1n) is 6.25. The van der Waals surface area contributed by atoms with Gasteiger partial charge >= 0.3 is 0 Å². The van der Waals surface area contributed by atoms with E-state index in [-0.39, 0.29) is 5.91 Å². The van der Waals surface area contributed by atoms with Crippen molar-refractivity contribution in [3.05, 3.63) is 42.0 Å². The summed E-state index contributed by atoms with van der Waals surface area (Å²) in [5.41, 5.74) is 1.56. The Balaban J connectivity index is 1.98. The number of rotatable bonds is 5. The van der Waals surface area contributed by atoms with Gasteiger partial charge in [0.1, 0.15) is 0 Å². The van der Waals surface area contributed by atoms with Crippen LogP contribution in [0.15, 0.2) is 30.7 Å². The van der Waals surface area contributed by atoms with E-state index in [4.69, 9.17) is 0 Å². The molecule has 2 rings (SSSR count). The lowest BCUT2D eigenvalue weighted by atomic mass is 10.2. The maximum Gasteiger partial charge on any atom is 0.276 e. The van der Waals surface area contributed by atoms with Crippen LogP contribution in [0, 0.1) is 0 Å². The van der Waals surface area contributed by atoms with Gasteiger partial charge in [-0.05, 0) is 31.0 Å². The van der Waals surface area contributed by atoms with Crippen molar-refractivity contribution in [1.82, 2.24) is 24.9 Å². The maximum atomic E-state index is 12.2. The van der Waals surface area contributed by atoms with Crippen LogP contribution in [-0.4, -0.2) is 43.9 Å². The highest BCUT2D eigenvalue weighted by Gasteiger charge is 2.16. The van der Waals surface area contributed by atoms with Crippen LogP contribution in [0.3, 0.4) is 0 Å². The number of aromatic nitrogens is 4. The normalized spacial score (nSPS) is 10.4. The highest BCUT2D eigenvalue weighted by Crippen LogP contribution is 2.04. The average Bonchev–Trinajstić information content (AvgIpc) is 2.87. The predicted molar refractivity (Wildman–Crippen MR) is 70.5 cm³/mol. The van der Waals surface area contributed by atoms with Crippen molar-refractivity contribution < 1.29 is 4.79 Å². The van der Waals surface area contributed by atoms with Crippen LogP contribution >= 0.6 is 0 Å². The minimum Gasteiger partial charge on any atom is -0.337 e. The van der Waals surface area contributed by atoms with Crippen LogP contribution < -0.4 is 0 Å². The van der Waals surface area contributed by atoms with Crippen molar-refractivity contribution in [3.8, 4) is 0 Å². The van der Waals surface area contributed by atoms with Crippen LogP contribution in [0.25, 0.3) is 0 Å². The van der Waals surface area contributed by atoms with E-state index in [0.717, 1.165) is 6.42 Å². The lowest BCUT2D eigenvalue weighted by Crippen LogP contribution is -2.33. The van der Waals surface area contributed by atoms with Gasteiger partial charge in [-0.2, -0.15) is 0 Å². The largest absolute Gasteiger partial charge is 0.337 e. The summed E-state index contributed by atoms with van der Waals surface area (Å²) in [6.07, 6.45) is 5.96. The Morgan fingerprint density at radius 2 is 2.11 bits per heavy atom. The van der Waals surface area contributed by atoms with Crippen molar-refractivity contribution in [2.75, 3.05) is 13.1 Å². The molecule has 2 aromatic heterocycles. The third-order valence-electron chi connectivity index (χ3n) is 2.91. The molecule has 0 unspecified atom stereocenters. The van der Waals surface area contributed by atoms with E-state index in [1.54, 1.807) is 30.5 Å². The van der Waals surface area contributed by atoms with E-state index in [9.17, 15) is 4.79 Å². The van der Waals surface area contributed by atoms with Gasteiger partial charge in [-0.15, -0.1) is 5.10 Å². The fourth-order valence-corrected chi connectivity index (χ4v) is 1.82. The number of aryl methyl sites for hydroxylation is 1. The molecule has 0 aliphatic rings. The van der Waals surface area contributed by atoms with Gasteiger partial charge in [0.25, 0.3) is 5.91 Å². The molecule has 6 nitrogen and oxygen atoms in total. The summed E-state index contributed by atoms with van der Waals surface area (Å²) in [5, 5.41) is 7.63. The molecule has 0 fully saturated rings. The summed E-state index contributed by atoms with van der Waals surface area (Å²) in [5.74, 6) is -0.0790. The van der Waals surface area contributed by atoms with Gasteiger partial charge in [0.15, 0.2) is 5.69 Å². The summed E-state index contributed by atoms with van der Waals surface area (Å²) >= 11 is 0. The lowest BCUT2D eigenvalue weighted by molar-refractivity contribution is 0.0760. The minimum absolute atomic E-state index is 0.0790. The number of hydrogen-bond acceptors (Lipinski definition) is 4. The Kier molecular flexibility index (Phi) is 4.22. The van der Waals surface area contributed by atoms with Gasteiger partial charge in [0, 0.05) is 32.5 Å². The second kappa shape index (κ2) is 6.08. The lowest BCUT2D eigenvalue weighted by Gasteiger charge is -2.19. The number of carbonyl (C=O) groups is 1. The molecule has 6 heteroatoms. The quantitative estimate of drug-likeness (QED) is 0.800. The second-order valence-electron chi connectivity index (χ2n) is 4.27. The third kappa shape index (κ3) is 3.37. The number of likely N-dealkylation sites (N-methyl/N-ethyl adjacent to an activating group) is 1. The number of nitrogens with zero attached hydrogens (tertiary/aromatic N) is 5. The van der Waals surface area contributed by atoms with Gasteiger partial charge in [-0.25, -0.2) is 0 Å². The van der Waals surface area contributed by atoms with Crippen LogP contribution in [0.4, 0.5) is 0 Å². The Morgan fingerprint density at radius 1 is 1.37 bits per heavy atom. The standard InChI is InChI=1S/C13H17N5O/c1-3-18(9-6-11-4-7-14-8-5-11)13(19)12-10-17(2)16-15-12/h4-5,7-8,10H,3,6,9H2,1-2H3. The maximum absolute atomic E-state index is 12.2. The van der Waals surface area contributed by atoms with Gasteiger partial charge in [-0.3, -0.25) is 14.5 Å². The third-order valence-corrected chi connectivity index (χ3v) is 2.91. The van der Waals surface area contributed by atoms with Crippen LogP contribution in [0.2, 0.25) is 0 Å². The molecule has 0 atom stereocenters. The summed E-state index contributed by atoms with van der Waals surface area (Å²) in [7, 11) is 1.75. The van der Waals surface area contributed by atoms with Gasteiger partial charge in [0.05, 0.1) is 6.20 Å². The molecular weight excluding hydrogens is 242 g/mol. The molecule has 2 heterocycles. The summed E-state index contributed by atoms with van der Waals surface area (Å²) in [6, 6.07) is 3.92. The average molecular weight is 259 g/mol. The Bertz CT molecular complexity index is 537. The molecule has 0 aliphatic heterocycles. The summed E-state index contributed by atoms with van der Waals surface area (Å²) in [4.78, 5) is 18.0. The van der Waals surface area contributed by atoms with E-state index < -0.39 is 0 Å². The number of pyridine rings is 1. The topological polar surface area (TPSA) is 63.9 Å². The molecule has 100 valence electrons. The molecule has 0 saturated heterocycles. The molecule has 0 aromatic carbocycles. The summed E-state index contributed by atoms with van der Waals surface area (Å²) < 4.78 is 1.53. The van der Waals surface area contributed by atoms with E-state index in [1.807, 2.05) is 19.1 Å². The predicted octanol–water partition coefficient (Wildman–Crippen LogP) is 0.915. The zero-order valence-electron chi connectivity index (χ0n) is 11.2. The van der Waals surface area contributed by atoms with Gasteiger partial charge in [0.2, 0.25) is 0 Å². The Labute approximate surface area is 112 Å². The first-order valence-corrected chi connectivity index (χ1v) is 6.25. The number of hydrogen-bond donors (Lipinski definition) is 0. The highest BCUT2D eigenvalue weighted by atomic mass is 16.2. The number of carbonyl (C=O) groups excluding carboxylic acids is 1. The molecule has 1 amide bonds. The van der Waals surface area contributed by atoms with Crippen LogP contribution in [-0.2, 0) is 13.5 Å². The van der Waals surface area contributed by atoms with Gasteiger partial charge in [-0.1, -0.05) is 5.21 Å². The zero-order valence-corrected chi connectivity index (χ0v) is 11.2. The van der Waals surface area contributed by atoms with Crippen LogP contribution in [0.1, 0.15) is 23.0 Å². The number of amides is 1. The SMILES string of the molecule is CCN(CCc1ccncc1)C(=O)c1cn(C)nn1. The molecular formula is C13H17N5O. The molecule has 2 aromatic rings. The van der Waals surface area contributed by atoms with Crippen molar-refractivity contribution >= 4 is 5.91 Å². The summed E-state index contributed by atoms with van der Waals surface area (Å²) in [6.45, 7) is 3.28. The Morgan fingerprint density at radius 3 is 2.68 bits per heavy atom. The first kappa shape index (κ1) is 13.2. The van der Waals surface area contributed by atoms with E-state index in [2.05, 4.69) is 15.3 Å². The minimum atomic E-state index is -0.0790. The second-order valence-corrected chi connectivity index (χ2v) is 4.27. The van der Waals surface area contributed by atoms with Gasteiger partial charge < -0.3 is 4.90 Å². The Hall–Kier alpha value is -2.24. The molecule has 0 aliphatic carbocycles. The molecule has 0 N–H and O–H groups in total. The van der Waals surface area contributed by atoms with Crippen molar-refractivity contribution in [3.63, 3.8) is 0 Å². The molecule has 19 heavy (non-hydrogen) atoms. The van der Waals surface area contributed by atoms with Crippen molar-refractivity contribution in [2.24, 2.45) is 7.05 Å². The van der Waals surface area contributed by atoms with E-state index in [1.165, 1.54) is 10.2 Å². The van der Waals surface area contributed by atoms with E-state index in [0.29, 0.717) is 18.8 Å². The van der Waals surface area contributed by atoms with Crippen molar-refractivity contribution in [1.29, 1.82) is 0 Å². The molecule has 0 radical (unpaired) electrons. The smallest absolute Gasteiger partial charge is 0.276 e.